The molecule has 0 saturated heterocycles. The molecule has 0 aliphatic rings. The average molecular weight is 292 g/mol. The number of rotatable bonds is 1. The van der Waals surface area contributed by atoms with Gasteiger partial charge in [-0.25, -0.2) is 8.78 Å². The lowest BCUT2D eigenvalue weighted by Gasteiger charge is -2.01. The summed E-state index contributed by atoms with van der Waals surface area (Å²) in [5.74, 6) is -1.60. The second-order valence-corrected chi connectivity index (χ2v) is 4.26. The van der Waals surface area contributed by atoms with E-state index in [0.717, 1.165) is 17.6 Å². The maximum atomic E-state index is 13.2. The lowest BCUT2D eigenvalue weighted by molar-refractivity contribution is 0.504. The molecule has 1 heterocycles. The van der Waals surface area contributed by atoms with Crippen LogP contribution in [0.3, 0.4) is 0 Å². The molecule has 2 aromatic rings. The average Bonchev–Trinajstić information content (AvgIpc) is 2.61. The summed E-state index contributed by atoms with van der Waals surface area (Å²) in [7, 11) is 0. The van der Waals surface area contributed by atoms with Gasteiger partial charge in [0.05, 0.1) is 4.47 Å². The summed E-state index contributed by atoms with van der Waals surface area (Å²) < 4.78 is 29.9. The van der Waals surface area contributed by atoms with Crippen molar-refractivity contribution >= 4 is 32.6 Å². The van der Waals surface area contributed by atoms with Crippen LogP contribution in [0.1, 0.15) is 0 Å². The van der Waals surface area contributed by atoms with E-state index in [4.69, 9.17) is 5.73 Å². The molecule has 0 amide bonds. The van der Waals surface area contributed by atoms with Crippen LogP contribution in [0.4, 0.5) is 13.9 Å². The minimum atomic E-state index is -0.958. The Bertz CT molecular complexity index is 515. The SMILES string of the molecule is Nc1nc(-c2ccc(F)c(F)c2Br)ns1. The smallest absolute Gasteiger partial charge is 0.200 e. The third-order valence-corrected chi connectivity index (χ3v) is 3.04. The highest BCUT2D eigenvalue weighted by molar-refractivity contribution is 9.10. The summed E-state index contributed by atoms with van der Waals surface area (Å²) in [5.41, 5.74) is 5.77. The van der Waals surface area contributed by atoms with Gasteiger partial charge in [-0.2, -0.15) is 9.36 Å². The van der Waals surface area contributed by atoms with Crippen molar-refractivity contribution in [2.45, 2.75) is 0 Å². The Morgan fingerprint density at radius 3 is 2.67 bits per heavy atom. The van der Waals surface area contributed by atoms with Crippen molar-refractivity contribution in [1.82, 2.24) is 9.36 Å². The van der Waals surface area contributed by atoms with Gasteiger partial charge >= 0.3 is 0 Å². The quantitative estimate of drug-likeness (QED) is 0.822. The zero-order valence-corrected chi connectivity index (χ0v) is 9.57. The highest BCUT2D eigenvalue weighted by atomic mass is 79.9. The molecule has 1 aromatic heterocycles. The maximum Gasteiger partial charge on any atom is 0.200 e. The molecule has 2 N–H and O–H groups in total. The maximum absolute atomic E-state index is 13.2. The molecular weight excluding hydrogens is 288 g/mol. The van der Waals surface area contributed by atoms with E-state index in [-0.39, 0.29) is 15.4 Å². The molecule has 0 aliphatic carbocycles. The van der Waals surface area contributed by atoms with E-state index in [0.29, 0.717) is 5.56 Å². The Kier molecular flexibility index (Phi) is 2.66. The number of nitrogens with zero attached hydrogens (tertiary/aromatic N) is 2. The number of nitrogen functional groups attached to an aromatic ring is 1. The van der Waals surface area contributed by atoms with Crippen molar-refractivity contribution in [2.24, 2.45) is 0 Å². The van der Waals surface area contributed by atoms with Crippen LogP contribution in [0.5, 0.6) is 0 Å². The number of hydrogen-bond donors (Lipinski definition) is 1. The fourth-order valence-corrected chi connectivity index (χ4v) is 1.99. The van der Waals surface area contributed by atoms with Gasteiger partial charge in [-0.05, 0) is 28.1 Å². The zero-order chi connectivity index (χ0) is 11.0. The van der Waals surface area contributed by atoms with Crippen molar-refractivity contribution < 1.29 is 8.78 Å². The van der Waals surface area contributed by atoms with Gasteiger partial charge in [-0.15, -0.1) is 0 Å². The number of hydrogen-bond acceptors (Lipinski definition) is 4. The van der Waals surface area contributed by atoms with Gasteiger partial charge in [0.2, 0.25) is 0 Å². The molecule has 2 rings (SSSR count). The highest BCUT2D eigenvalue weighted by Gasteiger charge is 2.15. The molecular formula is C8H4BrF2N3S. The lowest BCUT2D eigenvalue weighted by atomic mass is 10.2. The van der Waals surface area contributed by atoms with E-state index in [1.165, 1.54) is 6.07 Å². The molecule has 1 aromatic carbocycles. The van der Waals surface area contributed by atoms with E-state index >= 15 is 0 Å². The summed E-state index contributed by atoms with van der Waals surface area (Å²) in [6.07, 6.45) is 0. The standard InChI is InChI=1S/C8H4BrF2N3S/c9-5-3(1-2-4(10)6(5)11)7-13-8(12)15-14-7/h1-2H,(H2,12,13,14). The molecule has 3 nitrogen and oxygen atoms in total. The normalized spacial score (nSPS) is 10.6. The number of anilines is 1. The van der Waals surface area contributed by atoms with Crippen LogP contribution < -0.4 is 5.73 Å². The first-order valence-electron chi connectivity index (χ1n) is 3.82. The van der Waals surface area contributed by atoms with Crippen LogP contribution in [0, 0.1) is 11.6 Å². The first-order chi connectivity index (χ1) is 7.09. The van der Waals surface area contributed by atoms with E-state index in [1.807, 2.05) is 0 Å². The second-order valence-electron chi connectivity index (χ2n) is 2.68. The molecule has 0 spiro atoms. The Morgan fingerprint density at radius 1 is 1.33 bits per heavy atom. The highest BCUT2D eigenvalue weighted by Crippen LogP contribution is 2.30. The van der Waals surface area contributed by atoms with Crippen LogP contribution in [0.15, 0.2) is 16.6 Å². The Morgan fingerprint density at radius 2 is 2.07 bits per heavy atom. The molecule has 78 valence electrons. The van der Waals surface area contributed by atoms with Crippen molar-refractivity contribution in [3.63, 3.8) is 0 Å². The Balaban J connectivity index is 2.59. The molecule has 0 bridgehead atoms. The van der Waals surface area contributed by atoms with Crippen LogP contribution in [0.2, 0.25) is 0 Å². The predicted molar refractivity (Wildman–Crippen MR) is 57.4 cm³/mol. The number of aromatic nitrogens is 2. The summed E-state index contributed by atoms with van der Waals surface area (Å²) >= 11 is 3.94. The van der Waals surface area contributed by atoms with Crippen LogP contribution in [-0.2, 0) is 0 Å². The van der Waals surface area contributed by atoms with Gasteiger partial charge in [0.15, 0.2) is 22.6 Å². The minimum Gasteiger partial charge on any atom is -0.374 e. The van der Waals surface area contributed by atoms with Gasteiger partial charge in [0.1, 0.15) is 0 Å². The van der Waals surface area contributed by atoms with Gasteiger partial charge in [-0.1, -0.05) is 0 Å². The van der Waals surface area contributed by atoms with E-state index in [2.05, 4.69) is 25.3 Å². The van der Waals surface area contributed by atoms with Crippen molar-refractivity contribution in [3.8, 4) is 11.4 Å². The van der Waals surface area contributed by atoms with Crippen molar-refractivity contribution in [3.05, 3.63) is 28.2 Å². The van der Waals surface area contributed by atoms with Crippen LogP contribution in [0.25, 0.3) is 11.4 Å². The Labute approximate surface area is 96.2 Å². The topological polar surface area (TPSA) is 51.8 Å². The molecule has 15 heavy (non-hydrogen) atoms. The van der Waals surface area contributed by atoms with E-state index in [9.17, 15) is 8.78 Å². The largest absolute Gasteiger partial charge is 0.374 e. The van der Waals surface area contributed by atoms with E-state index < -0.39 is 11.6 Å². The number of halogens is 3. The first kappa shape index (κ1) is 10.4. The van der Waals surface area contributed by atoms with Crippen molar-refractivity contribution in [1.29, 1.82) is 0 Å². The fourth-order valence-electron chi connectivity index (χ4n) is 1.04. The van der Waals surface area contributed by atoms with Gasteiger partial charge in [0.25, 0.3) is 0 Å². The second kappa shape index (κ2) is 3.82. The monoisotopic (exact) mass is 291 g/mol. The predicted octanol–water partition coefficient (Wildman–Crippen LogP) is 2.83. The number of benzene rings is 1. The minimum absolute atomic E-state index is 0.000278. The molecule has 0 atom stereocenters. The summed E-state index contributed by atoms with van der Waals surface area (Å²) in [5, 5.41) is 0.279. The van der Waals surface area contributed by atoms with Crippen molar-refractivity contribution in [2.75, 3.05) is 5.73 Å². The molecule has 7 heteroatoms. The van der Waals surface area contributed by atoms with Gasteiger partial charge < -0.3 is 5.73 Å². The summed E-state index contributed by atoms with van der Waals surface area (Å²) in [4.78, 5) is 3.88. The molecule has 0 unspecified atom stereocenters. The summed E-state index contributed by atoms with van der Waals surface area (Å²) in [6, 6.07) is 2.41. The van der Waals surface area contributed by atoms with Gasteiger partial charge in [-0.3, -0.25) is 0 Å². The Hall–Kier alpha value is -1.08. The van der Waals surface area contributed by atoms with Crippen LogP contribution >= 0.6 is 27.5 Å². The zero-order valence-electron chi connectivity index (χ0n) is 7.17. The molecule has 0 radical (unpaired) electrons. The fraction of sp³-hybridized carbons (Fsp3) is 0. The summed E-state index contributed by atoms with van der Waals surface area (Å²) in [6.45, 7) is 0. The lowest BCUT2D eigenvalue weighted by Crippen LogP contribution is -1.91. The third-order valence-electron chi connectivity index (χ3n) is 1.72. The molecule has 0 aliphatic heterocycles. The van der Waals surface area contributed by atoms with E-state index in [1.54, 1.807) is 0 Å². The van der Waals surface area contributed by atoms with Crippen LogP contribution in [-0.4, -0.2) is 9.36 Å². The van der Waals surface area contributed by atoms with Gasteiger partial charge in [0, 0.05) is 17.1 Å². The molecule has 0 saturated carbocycles. The molecule has 0 fully saturated rings. The number of nitrogens with two attached hydrogens (primary N) is 1. The first-order valence-corrected chi connectivity index (χ1v) is 5.39. The third kappa shape index (κ3) is 1.84.